The van der Waals surface area contributed by atoms with Crippen LogP contribution in [0.1, 0.15) is 35.6 Å². The van der Waals surface area contributed by atoms with Crippen LogP contribution in [-0.2, 0) is 28.3 Å². The van der Waals surface area contributed by atoms with E-state index in [-0.39, 0.29) is 24.1 Å². The number of carbonyl (C=O) groups is 2. The van der Waals surface area contributed by atoms with Crippen LogP contribution in [0.3, 0.4) is 0 Å². The Morgan fingerprint density at radius 1 is 0.972 bits per heavy atom. The number of hydrogen-bond donors (Lipinski definition) is 1. The standard InChI is InChI=1S/C29H32Cl2N2O2S/c1-3-15-32-29(35)27(16-22-7-5-4-6-8-22)33(18-24-13-14-25(30)17-26(24)31)28(34)20-36-19-23-11-9-21(2)10-12-23/h4-14,17,27H,3,15-16,18-20H2,1-2H3,(H,32,35)/t27-/m0/s1. The SMILES string of the molecule is CCCNC(=O)[C@H](Cc1ccccc1)N(Cc1ccc(Cl)cc1Cl)C(=O)CSCc1ccc(C)cc1. The Labute approximate surface area is 228 Å². The number of benzene rings is 3. The summed E-state index contributed by atoms with van der Waals surface area (Å²) in [5.74, 6) is 0.701. The second-order valence-corrected chi connectivity index (χ2v) is 10.6. The lowest BCUT2D eigenvalue weighted by molar-refractivity contribution is -0.139. The highest BCUT2D eigenvalue weighted by Crippen LogP contribution is 2.25. The Morgan fingerprint density at radius 3 is 2.36 bits per heavy atom. The average Bonchev–Trinajstić information content (AvgIpc) is 2.87. The van der Waals surface area contributed by atoms with E-state index in [0.717, 1.165) is 23.1 Å². The maximum absolute atomic E-state index is 13.6. The zero-order valence-corrected chi connectivity index (χ0v) is 23.0. The van der Waals surface area contributed by atoms with E-state index in [9.17, 15) is 9.59 Å². The van der Waals surface area contributed by atoms with Crippen LogP contribution in [0.4, 0.5) is 0 Å². The smallest absolute Gasteiger partial charge is 0.243 e. The van der Waals surface area contributed by atoms with Gasteiger partial charge in [0.1, 0.15) is 6.04 Å². The lowest BCUT2D eigenvalue weighted by Crippen LogP contribution is -2.51. The molecule has 0 spiro atoms. The Morgan fingerprint density at radius 2 is 1.69 bits per heavy atom. The van der Waals surface area contributed by atoms with Crippen LogP contribution >= 0.6 is 35.0 Å². The maximum Gasteiger partial charge on any atom is 0.243 e. The van der Waals surface area contributed by atoms with Crippen molar-refractivity contribution in [1.82, 2.24) is 10.2 Å². The zero-order valence-electron chi connectivity index (χ0n) is 20.7. The van der Waals surface area contributed by atoms with E-state index in [1.54, 1.807) is 28.8 Å². The van der Waals surface area contributed by atoms with Crippen LogP contribution in [-0.4, -0.2) is 35.1 Å². The second-order valence-electron chi connectivity index (χ2n) is 8.73. The van der Waals surface area contributed by atoms with Crippen LogP contribution in [0.25, 0.3) is 0 Å². The van der Waals surface area contributed by atoms with Crippen molar-refractivity contribution in [2.45, 2.75) is 45.0 Å². The van der Waals surface area contributed by atoms with Gasteiger partial charge in [0.15, 0.2) is 0 Å². The van der Waals surface area contributed by atoms with Crippen LogP contribution in [0.2, 0.25) is 10.0 Å². The van der Waals surface area contributed by atoms with Crippen LogP contribution < -0.4 is 5.32 Å². The van der Waals surface area contributed by atoms with Gasteiger partial charge in [-0.1, -0.05) is 96.4 Å². The Kier molecular flexibility index (Phi) is 11.2. The predicted octanol–water partition coefficient (Wildman–Crippen LogP) is 6.70. The summed E-state index contributed by atoms with van der Waals surface area (Å²) >= 11 is 14.1. The number of carbonyl (C=O) groups excluding carboxylic acids is 2. The highest BCUT2D eigenvalue weighted by molar-refractivity contribution is 7.99. The average molecular weight is 544 g/mol. The van der Waals surface area contributed by atoms with Gasteiger partial charge in [0.2, 0.25) is 11.8 Å². The molecule has 2 amide bonds. The van der Waals surface area contributed by atoms with Gasteiger partial charge in [-0.05, 0) is 42.2 Å². The first-order valence-corrected chi connectivity index (χ1v) is 14.0. The molecule has 7 heteroatoms. The minimum absolute atomic E-state index is 0.106. The molecule has 1 atom stereocenters. The van der Waals surface area contributed by atoms with Crippen LogP contribution in [0.5, 0.6) is 0 Å². The van der Waals surface area contributed by atoms with Gasteiger partial charge in [-0.3, -0.25) is 9.59 Å². The molecule has 0 unspecified atom stereocenters. The number of thioether (sulfide) groups is 1. The van der Waals surface area contributed by atoms with Crippen molar-refractivity contribution in [1.29, 1.82) is 0 Å². The van der Waals surface area contributed by atoms with Crippen molar-refractivity contribution < 1.29 is 9.59 Å². The molecule has 0 radical (unpaired) electrons. The van der Waals surface area contributed by atoms with Crippen molar-refractivity contribution >= 4 is 46.8 Å². The molecular weight excluding hydrogens is 511 g/mol. The van der Waals surface area contributed by atoms with Gasteiger partial charge in [-0.2, -0.15) is 0 Å². The Hall–Kier alpha value is -2.47. The number of rotatable bonds is 12. The Bertz CT molecular complexity index is 1140. The molecule has 0 saturated carbocycles. The fraction of sp³-hybridized carbons (Fsp3) is 0.310. The summed E-state index contributed by atoms with van der Waals surface area (Å²) in [6.07, 6.45) is 1.23. The van der Waals surface area contributed by atoms with Gasteiger partial charge >= 0.3 is 0 Å². The molecule has 0 fully saturated rings. The van der Waals surface area contributed by atoms with Gasteiger partial charge in [0.05, 0.1) is 5.75 Å². The quantitative estimate of drug-likeness (QED) is 0.277. The number of nitrogens with zero attached hydrogens (tertiary/aromatic N) is 1. The number of hydrogen-bond acceptors (Lipinski definition) is 3. The minimum atomic E-state index is -0.668. The summed E-state index contributed by atoms with van der Waals surface area (Å²) in [6.45, 7) is 4.83. The van der Waals surface area contributed by atoms with Gasteiger partial charge in [0.25, 0.3) is 0 Å². The molecule has 4 nitrogen and oxygen atoms in total. The van der Waals surface area contributed by atoms with Crippen molar-refractivity contribution in [3.05, 3.63) is 105 Å². The molecule has 0 aliphatic heterocycles. The molecule has 0 aliphatic rings. The van der Waals surface area contributed by atoms with E-state index < -0.39 is 6.04 Å². The fourth-order valence-corrected chi connectivity index (χ4v) is 5.12. The van der Waals surface area contributed by atoms with Crippen molar-refractivity contribution in [3.63, 3.8) is 0 Å². The monoisotopic (exact) mass is 542 g/mol. The lowest BCUT2D eigenvalue weighted by atomic mass is 10.0. The summed E-state index contributed by atoms with van der Waals surface area (Å²) in [5.41, 5.74) is 4.10. The number of aryl methyl sites for hydroxylation is 1. The van der Waals surface area contributed by atoms with E-state index in [1.807, 2.05) is 43.3 Å². The van der Waals surface area contributed by atoms with Gasteiger partial charge < -0.3 is 10.2 Å². The predicted molar refractivity (Wildman–Crippen MR) is 152 cm³/mol. The van der Waals surface area contributed by atoms with Crippen molar-refractivity contribution in [3.8, 4) is 0 Å². The normalized spacial score (nSPS) is 11.7. The van der Waals surface area contributed by atoms with Crippen molar-refractivity contribution in [2.75, 3.05) is 12.3 Å². The zero-order chi connectivity index (χ0) is 25.9. The molecule has 0 aliphatic carbocycles. The molecule has 0 saturated heterocycles. The molecule has 1 N–H and O–H groups in total. The topological polar surface area (TPSA) is 49.4 Å². The summed E-state index contributed by atoms with van der Waals surface area (Å²) in [7, 11) is 0. The van der Waals surface area contributed by atoms with Gasteiger partial charge in [-0.25, -0.2) is 0 Å². The number of amides is 2. The highest BCUT2D eigenvalue weighted by Gasteiger charge is 2.30. The summed E-state index contributed by atoms with van der Waals surface area (Å²) in [6, 6.07) is 22.6. The fourth-order valence-electron chi connectivity index (χ4n) is 3.78. The summed E-state index contributed by atoms with van der Waals surface area (Å²) in [5, 5.41) is 3.99. The molecule has 190 valence electrons. The van der Waals surface area contributed by atoms with E-state index in [4.69, 9.17) is 23.2 Å². The summed E-state index contributed by atoms with van der Waals surface area (Å²) < 4.78 is 0. The first-order chi connectivity index (χ1) is 17.4. The first-order valence-electron chi connectivity index (χ1n) is 12.1. The Balaban J connectivity index is 1.85. The molecular formula is C29H32Cl2N2O2S. The van der Waals surface area contributed by atoms with E-state index in [2.05, 4.69) is 36.5 Å². The van der Waals surface area contributed by atoms with Crippen LogP contribution in [0, 0.1) is 6.92 Å². The maximum atomic E-state index is 13.6. The van der Waals surface area contributed by atoms with Crippen LogP contribution in [0.15, 0.2) is 72.8 Å². The number of halogens is 2. The number of nitrogens with one attached hydrogen (secondary N) is 1. The molecule has 0 heterocycles. The van der Waals surface area contributed by atoms with E-state index in [1.165, 1.54) is 5.56 Å². The lowest BCUT2D eigenvalue weighted by Gasteiger charge is -2.32. The van der Waals surface area contributed by atoms with Gasteiger partial charge in [-0.15, -0.1) is 11.8 Å². The minimum Gasteiger partial charge on any atom is -0.354 e. The van der Waals surface area contributed by atoms with E-state index >= 15 is 0 Å². The van der Waals surface area contributed by atoms with Crippen molar-refractivity contribution in [2.24, 2.45) is 0 Å². The molecule has 0 bridgehead atoms. The molecule has 3 aromatic rings. The highest BCUT2D eigenvalue weighted by atomic mass is 35.5. The molecule has 3 aromatic carbocycles. The molecule has 3 rings (SSSR count). The largest absolute Gasteiger partial charge is 0.354 e. The third-order valence-corrected chi connectivity index (χ3v) is 7.37. The van der Waals surface area contributed by atoms with E-state index in [0.29, 0.717) is 28.8 Å². The summed E-state index contributed by atoms with van der Waals surface area (Å²) in [4.78, 5) is 28.6. The molecule has 0 aromatic heterocycles. The third-order valence-electron chi connectivity index (χ3n) is 5.79. The third kappa shape index (κ3) is 8.58. The second kappa shape index (κ2) is 14.3. The molecule has 36 heavy (non-hydrogen) atoms. The first kappa shape index (κ1) is 28.1. The van der Waals surface area contributed by atoms with Gasteiger partial charge in [0, 0.05) is 35.3 Å².